The van der Waals surface area contributed by atoms with E-state index in [1.807, 2.05) is 31.3 Å². The molecule has 140 valence electrons. The highest BCUT2D eigenvalue weighted by molar-refractivity contribution is 8.03. The highest BCUT2D eigenvalue weighted by Gasteiger charge is 2.23. The standard InChI is InChI=1S/C23H20N3S.HI/c1-3-26-15-14-17(19-8-4-5-9-20(19)26)12-13-18(16-24)23-25(2)21-10-6-7-11-22(21)27-23;/h4-15H,3H2,1-2H3;1H/q+1;/p-1. The van der Waals surface area contributed by atoms with Crippen LogP contribution >= 0.6 is 11.8 Å². The molecule has 0 aliphatic carbocycles. The first-order valence-electron chi connectivity index (χ1n) is 8.97. The van der Waals surface area contributed by atoms with Crippen molar-refractivity contribution >= 4 is 34.4 Å². The van der Waals surface area contributed by atoms with Gasteiger partial charge in [-0.15, -0.1) is 0 Å². The first-order chi connectivity index (χ1) is 13.2. The molecule has 2 heterocycles. The number of halogens is 1. The lowest BCUT2D eigenvalue weighted by Gasteiger charge is -2.13. The van der Waals surface area contributed by atoms with Crippen LogP contribution in [0.1, 0.15) is 12.5 Å². The van der Waals surface area contributed by atoms with E-state index in [0.29, 0.717) is 5.57 Å². The van der Waals surface area contributed by atoms with Crippen molar-refractivity contribution in [1.29, 1.82) is 5.26 Å². The number of nitrogens with zero attached hydrogens (tertiary/aromatic N) is 3. The molecule has 5 heteroatoms. The predicted molar refractivity (Wildman–Crippen MR) is 112 cm³/mol. The Kier molecular flexibility index (Phi) is 6.42. The SMILES string of the molecule is CC[n+]1ccc(/C=C/C(C#N)=C2/Sc3ccccc3N2C)c2ccccc21.[I-]. The van der Waals surface area contributed by atoms with E-state index in [2.05, 4.69) is 71.1 Å². The minimum atomic E-state index is 0. The van der Waals surface area contributed by atoms with Gasteiger partial charge in [-0.1, -0.05) is 42.1 Å². The van der Waals surface area contributed by atoms with Crippen molar-refractivity contribution in [3.05, 3.63) is 83.0 Å². The molecule has 0 atom stereocenters. The second-order valence-corrected chi connectivity index (χ2v) is 7.40. The van der Waals surface area contributed by atoms with E-state index >= 15 is 0 Å². The minimum absolute atomic E-state index is 0. The Hall–Kier alpha value is -2.30. The van der Waals surface area contributed by atoms with Gasteiger partial charge in [-0.05, 0) is 36.8 Å². The number of anilines is 1. The predicted octanol–water partition coefficient (Wildman–Crippen LogP) is 2.14. The average Bonchev–Trinajstić information content (AvgIpc) is 3.05. The monoisotopic (exact) mass is 497 g/mol. The van der Waals surface area contributed by atoms with Crippen LogP contribution in [-0.4, -0.2) is 7.05 Å². The Balaban J connectivity index is 0.00000225. The van der Waals surface area contributed by atoms with Gasteiger partial charge in [0.25, 0.3) is 0 Å². The van der Waals surface area contributed by atoms with Gasteiger partial charge in [-0.3, -0.25) is 0 Å². The van der Waals surface area contributed by atoms with Gasteiger partial charge in [-0.25, -0.2) is 0 Å². The fourth-order valence-corrected chi connectivity index (χ4v) is 4.52. The molecular weight excluding hydrogens is 477 g/mol. The summed E-state index contributed by atoms with van der Waals surface area (Å²) >= 11 is 1.65. The molecule has 1 aliphatic rings. The van der Waals surface area contributed by atoms with Crippen molar-refractivity contribution in [3.63, 3.8) is 0 Å². The smallest absolute Gasteiger partial charge is 0.213 e. The lowest BCUT2D eigenvalue weighted by molar-refractivity contribution is -0.667. The number of fused-ring (bicyclic) bond motifs is 2. The molecule has 1 aromatic heterocycles. The second-order valence-electron chi connectivity index (χ2n) is 6.37. The first-order valence-corrected chi connectivity index (χ1v) is 9.79. The van der Waals surface area contributed by atoms with Crippen molar-refractivity contribution in [2.24, 2.45) is 0 Å². The fourth-order valence-electron chi connectivity index (χ4n) is 3.40. The van der Waals surface area contributed by atoms with Gasteiger partial charge in [-0.2, -0.15) is 9.83 Å². The Bertz CT molecular complexity index is 1130. The maximum Gasteiger partial charge on any atom is 0.213 e. The fraction of sp³-hybridized carbons (Fsp3) is 0.130. The van der Waals surface area contributed by atoms with Crippen LogP contribution in [0.25, 0.3) is 17.0 Å². The van der Waals surface area contributed by atoms with Crippen molar-refractivity contribution in [1.82, 2.24) is 0 Å². The van der Waals surface area contributed by atoms with E-state index in [0.717, 1.165) is 22.8 Å². The Morgan fingerprint density at radius 3 is 2.64 bits per heavy atom. The normalized spacial score (nSPS) is 14.7. The zero-order chi connectivity index (χ0) is 18.8. The van der Waals surface area contributed by atoms with Gasteiger partial charge in [0.2, 0.25) is 5.52 Å². The largest absolute Gasteiger partial charge is 1.00 e. The molecule has 28 heavy (non-hydrogen) atoms. The maximum absolute atomic E-state index is 9.75. The van der Waals surface area contributed by atoms with Crippen molar-refractivity contribution in [2.75, 3.05) is 11.9 Å². The summed E-state index contributed by atoms with van der Waals surface area (Å²) in [5.41, 5.74) is 4.14. The molecule has 0 amide bonds. The molecule has 0 saturated carbocycles. The summed E-state index contributed by atoms with van der Waals surface area (Å²) in [6.45, 7) is 3.07. The molecular formula is C23H20IN3S. The van der Waals surface area contributed by atoms with Crippen molar-refractivity contribution < 1.29 is 28.5 Å². The van der Waals surface area contributed by atoms with E-state index in [9.17, 15) is 5.26 Å². The van der Waals surface area contributed by atoms with E-state index in [-0.39, 0.29) is 24.0 Å². The molecule has 3 nitrogen and oxygen atoms in total. The number of aromatic nitrogens is 1. The Morgan fingerprint density at radius 1 is 1.14 bits per heavy atom. The van der Waals surface area contributed by atoms with Gasteiger partial charge in [0.15, 0.2) is 6.20 Å². The van der Waals surface area contributed by atoms with Crippen LogP contribution in [0, 0.1) is 11.3 Å². The van der Waals surface area contributed by atoms with Crippen molar-refractivity contribution in [3.8, 4) is 6.07 Å². The number of allylic oxidation sites excluding steroid dienone is 2. The molecule has 0 saturated heterocycles. The zero-order valence-corrected chi connectivity index (χ0v) is 18.7. The van der Waals surface area contributed by atoms with Gasteiger partial charge in [0.1, 0.15) is 12.6 Å². The highest BCUT2D eigenvalue weighted by atomic mass is 127. The molecule has 0 fully saturated rings. The molecule has 0 unspecified atom stereocenters. The summed E-state index contributed by atoms with van der Waals surface area (Å²) < 4.78 is 2.23. The van der Waals surface area contributed by atoms with E-state index in [4.69, 9.17) is 0 Å². The molecule has 1 aliphatic heterocycles. The molecule has 0 N–H and O–H groups in total. The van der Waals surface area contributed by atoms with Crippen LogP contribution in [0.2, 0.25) is 0 Å². The number of benzene rings is 2. The van der Waals surface area contributed by atoms with Gasteiger partial charge in [0, 0.05) is 24.1 Å². The summed E-state index contributed by atoms with van der Waals surface area (Å²) in [6, 6.07) is 21.1. The number of hydrogen-bond donors (Lipinski definition) is 0. The van der Waals surface area contributed by atoms with Gasteiger partial charge >= 0.3 is 0 Å². The molecule has 0 spiro atoms. The van der Waals surface area contributed by atoms with Crippen LogP contribution in [0.3, 0.4) is 0 Å². The van der Waals surface area contributed by atoms with Crippen molar-refractivity contribution in [2.45, 2.75) is 18.4 Å². The second kappa shape index (κ2) is 8.80. The van der Waals surface area contributed by atoms with Crippen LogP contribution in [0.5, 0.6) is 0 Å². The Labute approximate surface area is 187 Å². The molecule has 2 aromatic carbocycles. The summed E-state index contributed by atoms with van der Waals surface area (Å²) in [5, 5.41) is 11.9. The average molecular weight is 497 g/mol. The summed E-state index contributed by atoms with van der Waals surface area (Å²) in [7, 11) is 2.02. The molecule has 0 bridgehead atoms. The zero-order valence-electron chi connectivity index (χ0n) is 15.8. The molecule has 4 rings (SSSR count). The quantitative estimate of drug-likeness (QED) is 0.316. The lowest BCUT2D eigenvalue weighted by Crippen LogP contribution is -3.00. The van der Waals surface area contributed by atoms with Gasteiger partial charge < -0.3 is 28.9 Å². The van der Waals surface area contributed by atoms with Gasteiger partial charge in [0.05, 0.1) is 21.7 Å². The number of rotatable bonds is 3. The third-order valence-corrected chi connectivity index (χ3v) is 6.07. The number of thioether (sulfide) groups is 1. The van der Waals surface area contributed by atoms with Crippen LogP contribution in [-0.2, 0) is 6.54 Å². The Morgan fingerprint density at radius 2 is 1.89 bits per heavy atom. The summed E-state index contributed by atoms with van der Waals surface area (Å²) in [5.74, 6) is 0. The minimum Gasteiger partial charge on any atom is -1.00 e. The number of hydrogen-bond acceptors (Lipinski definition) is 3. The van der Waals surface area contributed by atoms with E-state index < -0.39 is 0 Å². The number of aryl methyl sites for hydroxylation is 1. The maximum atomic E-state index is 9.75. The topological polar surface area (TPSA) is 30.9 Å². The first kappa shape index (κ1) is 20.4. The third-order valence-electron chi connectivity index (χ3n) is 4.82. The lowest BCUT2D eigenvalue weighted by atomic mass is 10.1. The number of pyridine rings is 1. The van der Waals surface area contributed by atoms with E-state index in [1.165, 1.54) is 15.8 Å². The van der Waals surface area contributed by atoms with E-state index in [1.54, 1.807) is 11.8 Å². The third kappa shape index (κ3) is 3.67. The number of para-hydroxylation sites is 2. The molecule has 3 aromatic rings. The summed E-state index contributed by atoms with van der Waals surface area (Å²) in [6.07, 6.45) is 6.08. The van der Waals surface area contributed by atoms with Crippen LogP contribution in [0.4, 0.5) is 5.69 Å². The van der Waals surface area contributed by atoms with Crippen LogP contribution < -0.4 is 33.4 Å². The summed E-state index contributed by atoms with van der Waals surface area (Å²) in [4.78, 5) is 3.28. The molecule has 0 radical (unpaired) electrons. The number of nitriles is 1. The highest BCUT2D eigenvalue weighted by Crippen LogP contribution is 2.46. The van der Waals surface area contributed by atoms with Crippen LogP contribution in [0.15, 0.2) is 82.4 Å².